The van der Waals surface area contributed by atoms with E-state index >= 15 is 0 Å². The van der Waals surface area contributed by atoms with Crippen molar-refractivity contribution in [2.45, 2.75) is 30.4 Å². The molecule has 0 unspecified atom stereocenters. The Balaban J connectivity index is 1.91. The Kier molecular flexibility index (Phi) is 3.63. The number of hydrogen-bond donors (Lipinski definition) is 1. The van der Waals surface area contributed by atoms with E-state index in [1.165, 1.54) is 0 Å². The molecule has 7 heteroatoms. The van der Waals surface area contributed by atoms with Gasteiger partial charge in [-0.25, -0.2) is 8.42 Å². The van der Waals surface area contributed by atoms with Gasteiger partial charge in [-0.3, -0.25) is 0 Å². The van der Waals surface area contributed by atoms with Gasteiger partial charge in [0.1, 0.15) is 4.90 Å². The maximum Gasteiger partial charge on any atom is 0.244 e. The van der Waals surface area contributed by atoms with Crippen LogP contribution in [-0.4, -0.2) is 47.0 Å². The van der Waals surface area contributed by atoms with Gasteiger partial charge in [-0.1, -0.05) is 0 Å². The van der Waals surface area contributed by atoms with Gasteiger partial charge in [0.15, 0.2) is 0 Å². The third kappa shape index (κ3) is 2.56. The van der Waals surface area contributed by atoms with Crippen molar-refractivity contribution in [1.29, 1.82) is 0 Å². The first-order valence-corrected chi connectivity index (χ1v) is 9.12. The maximum atomic E-state index is 12.5. The summed E-state index contributed by atoms with van der Waals surface area (Å²) >= 11 is 1.79. The number of aliphatic hydroxyl groups excluding tert-OH is 1. The smallest absolute Gasteiger partial charge is 0.244 e. The largest absolute Gasteiger partial charge is 0.390 e. The average Bonchev–Trinajstić information content (AvgIpc) is 3.18. The highest BCUT2D eigenvalue weighted by atomic mass is 32.2. The molecule has 5 nitrogen and oxygen atoms in total. The van der Waals surface area contributed by atoms with E-state index in [9.17, 15) is 13.5 Å². The Labute approximate surface area is 117 Å². The van der Waals surface area contributed by atoms with Crippen molar-refractivity contribution < 1.29 is 13.5 Å². The molecular formula is C12H18N2O3S2. The zero-order valence-corrected chi connectivity index (χ0v) is 12.3. The summed E-state index contributed by atoms with van der Waals surface area (Å²) in [6.07, 6.45) is 3.84. The van der Waals surface area contributed by atoms with Gasteiger partial charge >= 0.3 is 0 Å². The highest BCUT2D eigenvalue weighted by Gasteiger charge is 2.31. The van der Waals surface area contributed by atoms with Crippen LogP contribution in [0.4, 0.5) is 0 Å². The lowest BCUT2D eigenvalue weighted by Crippen LogP contribution is -2.37. The third-order valence-corrected chi connectivity index (χ3v) is 6.42. The Morgan fingerprint density at radius 3 is 2.58 bits per heavy atom. The van der Waals surface area contributed by atoms with Crippen LogP contribution in [0.15, 0.2) is 17.2 Å². The van der Waals surface area contributed by atoms with E-state index in [0.717, 1.165) is 24.3 Å². The van der Waals surface area contributed by atoms with E-state index in [-0.39, 0.29) is 6.61 Å². The van der Waals surface area contributed by atoms with Crippen molar-refractivity contribution in [2.24, 2.45) is 0 Å². The fourth-order valence-corrected chi connectivity index (χ4v) is 5.02. The summed E-state index contributed by atoms with van der Waals surface area (Å²) in [6, 6.07) is 2.00. The minimum absolute atomic E-state index is 0.109. The Morgan fingerprint density at radius 1 is 1.32 bits per heavy atom. The number of hydrogen-bond acceptors (Lipinski definition) is 4. The molecule has 1 aliphatic carbocycles. The van der Waals surface area contributed by atoms with Crippen molar-refractivity contribution >= 4 is 21.8 Å². The zero-order valence-electron chi connectivity index (χ0n) is 10.7. The molecule has 19 heavy (non-hydrogen) atoms. The van der Waals surface area contributed by atoms with E-state index in [1.807, 2.05) is 4.57 Å². The van der Waals surface area contributed by atoms with Gasteiger partial charge in [0.2, 0.25) is 10.0 Å². The molecule has 0 amide bonds. The van der Waals surface area contributed by atoms with Crippen LogP contribution >= 0.6 is 11.8 Å². The molecule has 0 radical (unpaired) electrons. The molecule has 106 valence electrons. The molecule has 3 rings (SSSR count). The molecule has 1 aromatic rings. The summed E-state index contributed by atoms with van der Waals surface area (Å²) in [4.78, 5) is 0.329. The van der Waals surface area contributed by atoms with Crippen LogP contribution in [-0.2, 0) is 16.6 Å². The van der Waals surface area contributed by atoms with Crippen molar-refractivity contribution in [3.8, 4) is 0 Å². The minimum Gasteiger partial charge on any atom is -0.390 e. The molecule has 1 aromatic heterocycles. The molecule has 2 aliphatic rings. The Hall–Kier alpha value is -0.500. The van der Waals surface area contributed by atoms with Gasteiger partial charge in [-0.2, -0.15) is 16.1 Å². The number of rotatable bonds is 4. The molecule has 1 N–H and O–H groups in total. The van der Waals surface area contributed by atoms with Gasteiger partial charge in [-0.05, 0) is 18.9 Å². The second kappa shape index (κ2) is 5.12. The summed E-state index contributed by atoms with van der Waals surface area (Å²) < 4.78 is 28.5. The molecule has 0 atom stereocenters. The van der Waals surface area contributed by atoms with Crippen molar-refractivity contribution in [1.82, 2.24) is 8.87 Å². The SMILES string of the molecule is O=S(=O)(c1cc(CO)n(C2CC2)c1)N1CCSCC1. The number of aromatic nitrogens is 1. The Morgan fingerprint density at radius 2 is 2.00 bits per heavy atom. The topological polar surface area (TPSA) is 62.5 Å². The first-order chi connectivity index (χ1) is 9.13. The molecule has 2 heterocycles. The van der Waals surface area contributed by atoms with Gasteiger partial charge in [-0.15, -0.1) is 0 Å². The van der Waals surface area contributed by atoms with Crippen LogP contribution in [0.2, 0.25) is 0 Å². The van der Waals surface area contributed by atoms with Crippen molar-refractivity contribution in [2.75, 3.05) is 24.6 Å². The molecule has 1 aliphatic heterocycles. The van der Waals surface area contributed by atoms with Crippen molar-refractivity contribution in [3.05, 3.63) is 18.0 Å². The van der Waals surface area contributed by atoms with Crippen LogP contribution in [0.25, 0.3) is 0 Å². The quantitative estimate of drug-likeness (QED) is 0.903. The first kappa shape index (κ1) is 13.5. The third-order valence-electron chi connectivity index (χ3n) is 3.62. The van der Waals surface area contributed by atoms with Crippen LogP contribution in [0, 0.1) is 0 Å². The highest BCUT2D eigenvalue weighted by molar-refractivity contribution is 7.99. The van der Waals surface area contributed by atoms with Gasteiger partial charge in [0.05, 0.1) is 6.61 Å². The fourth-order valence-electron chi connectivity index (χ4n) is 2.39. The molecule has 2 fully saturated rings. The number of nitrogens with zero attached hydrogens (tertiary/aromatic N) is 2. The Bertz CT molecular complexity index is 558. The summed E-state index contributed by atoms with van der Waals surface area (Å²) in [5, 5.41) is 9.35. The molecule has 1 saturated heterocycles. The number of sulfonamides is 1. The predicted molar refractivity (Wildman–Crippen MR) is 74.7 cm³/mol. The zero-order chi connectivity index (χ0) is 13.5. The lowest BCUT2D eigenvalue weighted by Gasteiger charge is -2.25. The molecule has 1 saturated carbocycles. The van der Waals surface area contributed by atoms with Gasteiger partial charge in [0, 0.05) is 42.5 Å². The number of aliphatic hydroxyl groups is 1. The van der Waals surface area contributed by atoms with Crippen LogP contribution < -0.4 is 0 Å². The maximum absolute atomic E-state index is 12.5. The lowest BCUT2D eigenvalue weighted by atomic mass is 10.4. The molecule has 0 spiro atoms. The molecule has 0 bridgehead atoms. The van der Waals surface area contributed by atoms with E-state index < -0.39 is 10.0 Å². The first-order valence-electron chi connectivity index (χ1n) is 6.52. The van der Waals surface area contributed by atoms with Gasteiger partial charge in [0.25, 0.3) is 0 Å². The van der Waals surface area contributed by atoms with Crippen LogP contribution in [0.5, 0.6) is 0 Å². The minimum atomic E-state index is -3.39. The van der Waals surface area contributed by atoms with E-state index in [2.05, 4.69) is 0 Å². The second-order valence-electron chi connectivity index (χ2n) is 4.98. The summed E-state index contributed by atoms with van der Waals surface area (Å²) in [5.41, 5.74) is 0.701. The molecular weight excluding hydrogens is 284 g/mol. The van der Waals surface area contributed by atoms with Gasteiger partial charge < -0.3 is 9.67 Å². The van der Waals surface area contributed by atoms with Crippen LogP contribution in [0.1, 0.15) is 24.6 Å². The molecule has 0 aromatic carbocycles. The van der Waals surface area contributed by atoms with Crippen LogP contribution in [0.3, 0.4) is 0 Å². The fraction of sp³-hybridized carbons (Fsp3) is 0.667. The summed E-state index contributed by atoms with van der Waals surface area (Å²) in [5.74, 6) is 1.71. The predicted octanol–water partition coefficient (Wildman–Crippen LogP) is 1.05. The van der Waals surface area contributed by atoms with E-state index in [1.54, 1.807) is 28.3 Å². The number of thioether (sulfide) groups is 1. The standard InChI is InChI=1S/C12H18N2O3S2/c15-9-11-7-12(8-14(11)10-1-2-10)19(16,17)13-3-5-18-6-4-13/h7-8,10,15H,1-6,9H2. The average molecular weight is 302 g/mol. The van der Waals surface area contributed by atoms with E-state index in [0.29, 0.717) is 29.7 Å². The summed E-state index contributed by atoms with van der Waals surface area (Å²) in [6.45, 7) is 1.05. The monoisotopic (exact) mass is 302 g/mol. The van der Waals surface area contributed by atoms with E-state index in [4.69, 9.17) is 0 Å². The van der Waals surface area contributed by atoms with Crippen molar-refractivity contribution in [3.63, 3.8) is 0 Å². The normalized spacial score (nSPS) is 21.7. The second-order valence-corrected chi connectivity index (χ2v) is 8.14. The lowest BCUT2D eigenvalue weighted by molar-refractivity contribution is 0.270. The highest BCUT2D eigenvalue weighted by Crippen LogP contribution is 2.37. The summed E-state index contributed by atoms with van der Waals surface area (Å²) in [7, 11) is -3.39.